The Morgan fingerprint density at radius 3 is 3.00 bits per heavy atom. The average molecular weight is 277 g/mol. The van der Waals surface area contributed by atoms with Crippen molar-refractivity contribution >= 4 is 17.4 Å². The van der Waals surface area contributed by atoms with E-state index in [0.29, 0.717) is 22.2 Å². The lowest BCUT2D eigenvalue weighted by Crippen LogP contribution is -2.11. The van der Waals surface area contributed by atoms with E-state index in [0.717, 1.165) is 31.5 Å². The van der Waals surface area contributed by atoms with Crippen LogP contribution in [0.2, 0.25) is 5.02 Å². The fraction of sp³-hybridized carbons (Fsp3) is 0.417. The summed E-state index contributed by atoms with van der Waals surface area (Å²) in [6, 6.07) is 2.09. The Balaban J connectivity index is 2.15. The van der Waals surface area contributed by atoms with Crippen LogP contribution in [0.4, 0.5) is 5.82 Å². The normalized spacial score (nSPS) is 13.9. The molecule has 0 saturated carbocycles. The van der Waals surface area contributed by atoms with E-state index in [-0.39, 0.29) is 0 Å². The largest absolute Gasteiger partial charge is 0.372 e. The van der Waals surface area contributed by atoms with Crippen molar-refractivity contribution in [2.75, 3.05) is 12.4 Å². The van der Waals surface area contributed by atoms with Crippen LogP contribution in [0, 0.1) is 11.3 Å². The van der Waals surface area contributed by atoms with E-state index in [9.17, 15) is 0 Å². The summed E-state index contributed by atoms with van der Waals surface area (Å²) < 4.78 is 3.53. The first-order valence-electron chi connectivity index (χ1n) is 6.17. The Morgan fingerprint density at radius 1 is 1.47 bits per heavy atom. The predicted molar refractivity (Wildman–Crippen MR) is 71.6 cm³/mol. The SMILES string of the molecule is CNc1c(C#N)cnn1-c1nn2c(c1Cl)CCCC2. The highest BCUT2D eigenvalue weighted by Crippen LogP contribution is 2.30. The molecule has 0 radical (unpaired) electrons. The van der Waals surface area contributed by atoms with Crippen LogP contribution in [0.1, 0.15) is 24.1 Å². The van der Waals surface area contributed by atoms with Crippen LogP contribution in [-0.2, 0) is 13.0 Å². The molecule has 1 aliphatic rings. The number of rotatable bonds is 2. The van der Waals surface area contributed by atoms with Gasteiger partial charge in [0.1, 0.15) is 22.5 Å². The molecule has 3 heterocycles. The first kappa shape index (κ1) is 12.1. The molecule has 6 nitrogen and oxygen atoms in total. The zero-order valence-corrected chi connectivity index (χ0v) is 11.3. The first-order valence-corrected chi connectivity index (χ1v) is 6.55. The van der Waals surface area contributed by atoms with Gasteiger partial charge in [-0.15, -0.1) is 0 Å². The van der Waals surface area contributed by atoms with Crippen LogP contribution in [0.5, 0.6) is 0 Å². The Morgan fingerprint density at radius 2 is 2.32 bits per heavy atom. The second-order valence-electron chi connectivity index (χ2n) is 4.44. The monoisotopic (exact) mass is 276 g/mol. The van der Waals surface area contributed by atoms with Gasteiger partial charge in [-0.2, -0.15) is 20.1 Å². The van der Waals surface area contributed by atoms with Crippen molar-refractivity contribution in [3.05, 3.63) is 22.5 Å². The van der Waals surface area contributed by atoms with Gasteiger partial charge in [-0.1, -0.05) is 11.6 Å². The molecule has 0 bridgehead atoms. The molecule has 0 unspecified atom stereocenters. The fourth-order valence-corrected chi connectivity index (χ4v) is 2.72. The van der Waals surface area contributed by atoms with Crippen molar-refractivity contribution in [3.8, 4) is 11.9 Å². The zero-order valence-electron chi connectivity index (χ0n) is 10.5. The number of aryl methyl sites for hydroxylation is 1. The molecule has 3 rings (SSSR count). The van der Waals surface area contributed by atoms with E-state index in [2.05, 4.69) is 21.6 Å². The minimum absolute atomic E-state index is 0.476. The average Bonchev–Trinajstić information content (AvgIpc) is 3.00. The van der Waals surface area contributed by atoms with Crippen LogP contribution >= 0.6 is 11.6 Å². The molecule has 2 aromatic rings. The van der Waals surface area contributed by atoms with E-state index in [4.69, 9.17) is 16.9 Å². The first-order chi connectivity index (χ1) is 9.26. The molecule has 0 aliphatic carbocycles. The molecule has 1 N–H and O–H groups in total. The second kappa shape index (κ2) is 4.59. The van der Waals surface area contributed by atoms with Gasteiger partial charge < -0.3 is 5.32 Å². The third-order valence-electron chi connectivity index (χ3n) is 3.34. The number of anilines is 1. The summed E-state index contributed by atoms with van der Waals surface area (Å²) in [6.45, 7) is 0.885. The maximum Gasteiger partial charge on any atom is 0.196 e. The van der Waals surface area contributed by atoms with Crippen molar-refractivity contribution < 1.29 is 0 Å². The third kappa shape index (κ3) is 1.78. The van der Waals surface area contributed by atoms with Gasteiger partial charge in [-0.25, -0.2) is 0 Å². The number of nitrogens with zero attached hydrogens (tertiary/aromatic N) is 5. The van der Waals surface area contributed by atoms with Crippen LogP contribution < -0.4 is 5.32 Å². The van der Waals surface area contributed by atoms with Crippen LogP contribution in [-0.4, -0.2) is 26.6 Å². The van der Waals surface area contributed by atoms with Gasteiger partial charge >= 0.3 is 0 Å². The van der Waals surface area contributed by atoms with Gasteiger partial charge in [-0.05, 0) is 19.3 Å². The molecular formula is C12H13ClN6. The van der Waals surface area contributed by atoms with Gasteiger partial charge in [0.2, 0.25) is 0 Å². The molecule has 1 aliphatic heterocycles. The number of aromatic nitrogens is 4. The van der Waals surface area contributed by atoms with Crippen molar-refractivity contribution in [1.82, 2.24) is 19.6 Å². The molecule has 0 amide bonds. The molecule has 0 spiro atoms. The maximum absolute atomic E-state index is 9.04. The fourth-order valence-electron chi connectivity index (χ4n) is 2.41. The standard InChI is InChI=1S/C12H13ClN6/c1-15-11-8(6-14)7-16-19(11)12-10(13)9-4-2-3-5-18(9)17-12/h7,15H,2-5H2,1H3. The van der Waals surface area contributed by atoms with Crippen LogP contribution in [0.3, 0.4) is 0 Å². The molecular weight excluding hydrogens is 264 g/mol. The minimum atomic E-state index is 0.476. The number of hydrogen-bond acceptors (Lipinski definition) is 4. The smallest absolute Gasteiger partial charge is 0.196 e. The second-order valence-corrected chi connectivity index (χ2v) is 4.82. The van der Waals surface area contributed by atoms with Crippen LogP contribution in [0.15, 0.2) is 6.20 Å². The molecule has 2 aromatic heterocycles. The van der Waals surface area contributed by atoms with Crippen molar-refractivity contribution in [3.63, 3.8) is 0 Å². The molecule has 19 heavy (non-hydrogen) atoms. The van der Waals surface area contributed by atoms with E-state index in [1.54, 1.807) is 11.7 Å². The summed E-state index contributed by atoms with van der Waals surface area (Å²) in [6.07, 6.45) is 4.70. The Kier molecular flexibility index (Phi) is 2.91. The lowest BCUT2D eigenvalue weighted by molar-refractivity contribution is 0.484. The minimum Gasteiger partial charge on any atom is -0.372 e. The zero-order chi connectivity index (χ0) is 13.4. The van der Waals surface area contributed by atoms with Crippen molar-refractivity contribution in [1.29, 1.82) is 5.26 Å². The number of nitriles is 1. The van der Waals surface area contributed by atoms with E-state index < -0.39 is 0 Å². The number of nitrogens with one attached hydrogen (secondary N) is 1. The lowest BCUT2D eigenvalue weighted by Gasteiger charge is -2.12. The summed E-state index contributed by atoms with van der Waals surface area (Å²) in [5.74, 6) is 1.20. The highest BCUT2D eigenvalue weighted by molar-refractivity contribution is 6.32. The van der Waals surface area contributed by atoms with E-state index >= 15 is 0 Å². The molecule has 7 heteroatoms. The number of fused-ring (bicyclic) bond motifs is 1. The topological polar surface area (TPSA) is 71.5 Å². The summed E-state index contributed by atoms with van der Waals surface area (Å²) in [4.78, 5) is 0. The highest BCUT2D eigenvalue weighted by atomic mass is 35.5. The van der Waals surface area contributed by atoms with E-state index in [1.165, 1.54) is 6.20 Å². The molecule has 98 valence electrons. The Hall–Kier alpha value is -2.00. The van der Waals surface area contributed by atoms with E-state index in [1.807, 2.05) is 4.68 Å². The van der Waals surface area contributed by atoms with Gasteiger partial charge in [0.05, 0.1) is 11.9 Å². The molecule has 0 fully saturated rings. The predicted octanol–water partition coefficient (Wildman–Crippen LogP) is 1.97. The van der Waals surface area contributed by atoms with Gasteiger partial charge in [0, 0.05) is 13.6 Å². The van der Waals surface area contributed by atoms with Crippen molar-refractivity contribution in [2.24, 2.45) is 0 Å². The molecule has 0 atom stereocenters. The maximum atomic E-state index is 9.04. The Labute approximate surface area is 115 Å². The van der Waals surface area contributed by atoms with Crippen LogP contribution in [0.25, 0.3) is 5.82 Å². The summed E-state index contributed by atoms with van der Waals surface area (Å²) in [5.41, 5.74) is 1.53. The molecule has 0 aromatic carbocycles. The quantitative estimate of drug-likeness (QED) is 0.910. The Bertz CT molecular complexity index is 663. The van der Waals surface area contributed by atoms with Gasteiger partial charge in [0.15, 0.2) is 5.82 Å². The van der Waals surface area contributed by atoms with Gasteiger partial charge in [0.25, 0.3) is 0 Å². The summed E-state index contributed by atoms with van der Waals surface area (Å²) in [5, 5.41) is 21.4. The lowest BCUT2D eigenvalue weighted by atomic mass is 10.1. The van der Waals surface area contributed by atoms with Crippen molar-refractivity contribution in [2.45, 2.75) is 25.8 Å². The number of hydrogen-bond donors (Lipinski definition) is 1. The summed E-state index contributed by atoms with van der Waals surface area (Å²) >= 11 is 6.40. The van der Waals surface area contributed by atoms with Gasteiger partial charge in [-0.3, -0.25) is 4.68 Å². The highest BCUT2D eigenvalue weighted by Gasteiger charge is 2.22. The number of halogens is 1. The summed E-state index contributed by atoms with van der Waals surface area (Å²) in [7, 11) is 1.75. The third-order valence-corrected chi connectivity index (χ3v) is 3.72. The molecule has 0 saturated heterocycles.